The molecule has 1 aliphatic rings. The molecule has 1 aliphatic heterocycles. The molecule has 2 unspecified atom stereocenters. The number of nitrogens with zero attached hydrogens (tertiary/aromatic N) is 3. The molecule has 2 aromatic rings. The van der Waals surface area contributed by atoms with Crippen LogP contribution in [0.5, 0.6) is 0 Å². The summed E-state index contributed by atoms with van der Waals surface area (Å²) in [5.41, 5.74) is 10.1. The van der Waals surface area contributed by atoms with Crippen molar-refractivity contribution >= 4 is 23.2 Å². The Balaban J connectivity index is 1.69. The number of carbonyl (C=O) groups excluding carboxylic acids is 2. The van der Waals surface area contributed by atoms with Gasteiger partial charge in [-0.25, -0.2) is 4.98 Å². The molecule has 2 aromatic heterocycles. The minimum atomic E-state index is -0.752. The topological polar surface area (TPSA) is 121 Å². The number of likely N-dealkylation sites (tertiary alicyclic amines) is 1. The predicted molar refractivity (Wildman–Crippen MR) is 120 cm³/mol. The van der Waals surface area contributed by atoms with Gasteiger partial charge in [-0.05, 0) is 30.9 Å². The van der Waals surface area contributed by atoms with E-state index in [2.05, 4.69) is 15.3 Å². The molecule has 4 atom stereocenters. The first-order valence-corrected chi connectivity index (χ1v) is 11.3. The molecule has 0 bridgehead atoms. The molecule has 0 radical (unpaired) electrons. The summed E-state index contributed by atoms with van der Waals surface area (Å²) in [7, 11) is 0. The monoisotopic (exact) mass is 445 g/mol. The maximum Gasteiger partial charge on any atom is 0.243 e. The van der Waals surface area contributed by atoms with Crippen molar-refractivity contribution in [1.82, 2.24) is 20.2 Å². The van der Waals surface area contributed by atoms with Crippen molar-refractivity contribution in [2.45, 2.75) is 65.3 Å². The number of aromatic nitrogens is 2. The van der Waals surface area contributed by atoms with Gasteiger partial charge in [-0.15, -0.1) is 11.3 Å². The quantitative estimate of drug-likeness (QED) is 0.647. The summed E-state index contributed by atoms with van der Waals surface area (Å²) in [6, 6.07) is 2.04. The number of amides is 2. The number of nitrogens with one attached hydrogen (secondary N) is 1. The lowest BCUT2D eigenvalue weighted by Gasteiger charge is -2.32. The average molecular weight is 446 g/mol. The van der Waals surface area contributed by atoms with Gasteiger partial charge in [0.05, 0.1) is 40.0 Å². The van der Waals surface area contributed by atoms with Crippen molar-refractivity contribution in [2.24, 2.45) is 11.1 Å². The van der Waals surface area contributed by atoms with Crippen molar-refractivity contribution in [3.05, 3.63) is 35.1 Å². The Kier molecular flexibility index (Phi) is 6.78. The Labute approximate surface area is 186 Å². The fourth-order valence-corrected chi connectivity index (χ4v) is 4.37. The van der Waals surface area contributed by atoms with Crippen LogP contribution in [0.1, 0.15) is 51.4 Å². The number of hydrogen-bond donors (Lipinski definition) is 3. The summed E-state index contributed by atoms with van der Waals surface area (Å²) in [5, 5.41) is 13.1. The lowest BCUT2D eigenvalue weighted by Crippen LogP contribution is -2.55. The van der Waals surface area contributed by atoms with Crippen LogP contribution in [0.15, 0.2) is 23.8 Å². The van der Waals surface area contributed by atoms with Gasteiger partial charge in [0.25, 0.3) is 0 Å². The number of thiazole rings is 1. The summed E-state index contributed by atoms with van der Waals surface area (Å²) in [6.45, 7) is 9.56. The Morgan fingerprint density at radius 1 is 1.32 bits per heavy atom. The Morgan fingerprint density at radius 3 is 2.58 bits per heavy atom. The highest BCUT2D eigenvalue weighted by Crippen LogP contribution is 2.27. The maximum atomic E-state index is 13.0. The van der Waals surface area contributed by atoms with Crippen LogP contribution < -0.4 is 11.1 Å². The predicted octanol–water partition coefficient (Wildman–Crippen LogP) is 2.03. The van der Waals surface area contributed by atoms with Gasteiger partial charge in [0.2, 0.25) is 11.8 Å². The highest BCUT2D eigenvalue weighted by molar-refractivity contribution is 7.13. The van der Waals surface area contributed by atoms with Crippen molar-refractivity contribution in [1.29, 1.82) is 0 Å². The van der Waals surface area contributed by atoms with Crippen molar-refractivity contribution in [3.63, 3.8) is 0 Å². The van der Waals surface area contributed by atoms with Gasteiger partial charge < -0.3 is 21.1 Å². The number of aliphatic hydroxyl groups is 1. The highest BCUT2D eigenvalue weighted by atomic mass is 32.1. The molecular weight excluding hydrogens is 414 g/mol. The molecule has 8 nitrogen and oxygen atoms in total. The number of pyridine rings is 1. The third kappa shape index (κ3) is 5.11. The fraction of sp³-hybridized carbons (Fsp3) is 0.545. The summed E-state index contributed by atoms with van der Waals surface area (Å²) in [6.07, 6.45) is 1.19. The molecule has 31 heavy (non-hydrogen) atoms. The normalized spacial score (nSPS) is 21.1. The average Bonchev–Trinajstić information content (AvgIpc) is 3.31. The molecule has 3 heterocycles. The molecule has 1 saturated heterocycles. The lowest BCUT2D eigenvalue weighted by molar-refractivity contribution is -0.141. The zero-order valence-corrected chi connectivity index (χ0v) is 19.4. The third-order valence-electron chi connectivity index (χ3n) is 5.69. The minimum absolute atomic E-state index is 0.111. The molecule has 3 rings (SSSR count). The zero-order chi connectivity index (χ0) is 22.9. The van der Waals surface area contributed by atoms with Gasteiger partial charge in [0.1, 0.15) is 6.04 Å². The third-order valence-corrected chi connectivity index (χ3v) is 6.64. The summed E-state index contributed by atoms with van der Waals surface area (Å²) >= 11 is 1.54. The largest absolute Gasteiger partial charge is 0.391 e. The second kappa shape index (κ2) is 9.02. The van der Waals surface area contributed by atoms with Crippen molar-refractivity contribution in [2.75, 3.05) is 6.54 Å². The van der Waals surface area contributed by atoms with E-state index >= 15 is 0 Å². The first-order chi connectivity index (χ1) is 14.5. The van der Waals surface area contributed by atoms with E-state index in [4.69, 9.17) is 5.73 Å². The van der Waals surface area contributed by atoms with Gasteiger partial charge in [-0.2, -0.15) is 0 Å². The van der Waals surface area contributed by atoms with Gasteiger partial charge in [-0.3, -0.25) is 14.6 Å². The number of rotatable bonds is 5. The number of aryl methyl sites for hydroxylation is 1. The van der Waals surface area contributed by atoms with E-state index in [1.54, 1.807) is 11.7 Å². The summed E-state index contributed by atoms with van der Waals surface area (Å²) < 4.78 is 0. The second-order valence-electron chi connectivity index (χ2n) is 9.21. The summed E-state index contributed by atoms with van der Waals surface area (Å²) in [4.78, 5) is 37.1. The highest BCUT2D eigenvalue weighted by Gasteiger charge is 2.42. The van der Waals surface area contributed by atoms with Crippen molar-refractivity contribution in [3.8, 4) is 10.6 Å². The van der Waals surface area contributed by atoms with E-state index in [0.29, 0.717) is 0 Å². The van der Waals surface area contributed by atoms with Crippen LogP contribution in [0.3, 0.4) is 0 Å². The van der Waals surface area contributed by atoms with Gasteiger partial charge in [0.15, 0.2) is 0 Å². The molecule has 1 fully saturated rings. The van der Waals surface area contributed by atoms with E-state index in [0.717, 1.165) is 21.8 Å². The molecule has 0 aliphatic carbocycles. The van der Waals surface area contributed by atoms with Crippen LogP contribution in [-0.2, 0) is 9.59 Å². The lowest BCUT2D eigenvalue weighted by atomic mass is 9.86. The fourth-order valence-electron chi connectivity index (χ4n) is 3.59. The van der Waals surface area contributed by atoms with E-state index in [9.17, 15) is 14.7 Å². The van der Waals surface area contributed by atoms with E-state index in [1.807, 2.05) is 46.8 Å². The maximum absolute atomic E-state index is 13.0. The summed E-state index contributed by atoms with van der Waals surface area (Å²) in [5.74, 6) is -0.622. The van der Waals surface area contributed by atoms with Gasteiger partial charge >= 0.3 is 0 Å². The van der Waals surface area contributed by atoms with E-state index in [-0.39, 0.29) is 30.8 Å². The Morgan fingerprint density at radius 2 is 2.03 bits per heavy atom. The first kappa shape index (κ1) is 23.3. The number of carbonyl (C=O) groups is 2. The van der Waals surface area contributed by atoms with Crippen LogP contribution in [0, 0.1) is 12.3 Å². The molecule has 9 heteroatoms. The smallest absolute Gasteiger partial charge is 0.243 e. The van der Waals surface area contributed by atoms with E-state index < -0.39 is 23.6 Å². The van der Waals surface area contributed by atoms with Crippen LogP contribution in [0.25, 0.3) is 10.6 Å². The van der Waals surface area contributed by atoms with Crippen LogP contribution >= 0.6 is 11.3 Å². The first-order valence-electron chi connectivity index (χ1n) is 10.4. The van der Waals surface area contributed by atoms with E-state index in [1.165, 1.54) is 16.2 Å². The van der Waals surface area contributed by atoms with Gasteiger partial charge in [0, 0.05) is 19.2 Å². The molecule has 4 N–H and O–H groups in total. The molecule has 0 aromatic carbocycles. The molecule has 2 amide bonds. The minimum Gasteiger partial charge on any atom is -0.391 e. The number of aliphatic hydroxyl groups excluding tert-OH is 1. The molecule has 0 saturated carbocycles. The molecule has 0 spiro atoms. The SMILES string of the molecule is Cc1ncsc1-c1ccc(C(C)NC(=O)[C@@H]2C[C@@H](O)CN2C(=O)C(N)C(C)(C)C)cn1. The number of nitrogens with two attached hydrogens (primary N) is 1. The van der Waals surface area contributed by atoms with Crippen LogP contribution in [0.4, 0.5) is 0 Å². The molecular formula is C22H31N5O3S. The number of hydrogen-bond acceptors (Lipinski definition) is 7. The standard InChI is InChI=1S/C22H31N5O3S/c1-12(14-6-7-16(24-9-14)18-13(2)25-11-31-18)26-20(29)17-8-15(28)10-27(17)21(30)19(23)22(3,4)5/h6-7,9,11-12,15,17,19,28H,8,10,23H2,1-5H3,(H,26,29)/t12?,15-,17+,19?/m1/s1. The van der Waals surface area contributed by atoms with Crippen LogP contribution in [-0.4, -0.2) is 56.5 Å². The molecule has 168 valence electrons. The van der Waals surface area contributed by atoms with Crippen LogP contribution in [0.2, 0.25) is 0 Å². The van der Waals surface area contributed by atoms with Gasteiger partial charge in [-0.1, -0.05) is 26.8 Å². The number of β-amino-alcohol motifs (C(OH)–C–C–N with tert-alkyl or cyclic N) is 1. The van der Waals surface area contributed by atoms with Crippen molar-refractivity contribution < 1.29 is 14.7 Å². The Hall–Kier alpha value is -2.36. The Bertz CT molecular complexity index is 937. The zero-order valence-electron chi connectivity index (χ0n) is 18.6. The second-order valence-corrected chi connectivity index (χ2v) is 10.1.